The number of amides is 4. The zero-order chi connectivity index (χ0) is 22.3. The quantitative estimate of drug-likeness (QED) is 0.547. The molecule has 0 spiro atoms. The van der Waals surface area contributed by atoms with Gasteiger partial charge in [-0.3, -0.25) is 0 Å². The fourth-order valence-corrected chi connectivity index (χ4v) is 3.62. The Hall–Kier alpha value is -4.00. The summed E-state index contributed by atoms with van der Waals surface area (Å²) in [5.41, 5.74) is 4.36. The minimum absolute atomic E-state index is 0.139. The Kier molecular flexibility index (Phi) is 6.55. The molecule has 3 aromatic carbocycles. The summed E-state index contributed by atoms with van der Waals surface area (Å²) < 4.78 is 0. The third-order valence-electron chi connectivity index (χ3n) is 5.37. The fraction of sp³-hybridized carbons (Fsp3) is 0.200. The van der Waals surface area contributed by atoms with Crippen LogP contribution in [0.2, 0.25) is 0 Å². The van der Waals surface area contributed by atoms with E-state index in [4.69, 9.17) is 0 Å². The number of hydrogen-bond donors (Lipinski definition) is 3. The van der Waals surface area contributed by atoms with Gasteiger partial charge in [-0.15, -0.1) is 0 Å². The third kappa shape index (κ3) is 5.57. The van der Waals surface area contributed by atoms with E-state index in [1.54, 1.807) is 24.3 Å². The number of nitrogens with zero attached hydrogens (tertiary/aromatic N) is 2. The highest BCUT2D eigenvalue weighted by Crippen LogP contribution is 2.19. The molecule has 32 heavy (non-hydrogen) atoms. The van der Waals surface area contributed by atoms with Gasteiger partial charge in [0.2, 0.25) is 0 Å². The average molecular weight is 430 g/mol. The summed E-state index contributed by atoms with van der Waals surface area (Å²) in [5.74, 6) is 0. The zero-order valence-corrected chi connectivity index (χ0v) is 18.0. The largest absolute Gasteiger partial charge is 0.368 e. The normalized spacial score (nSPS) is 13.4. The predicted octanol–water partition coefficient (Wildman–Crippen LogP) is 4.99. The molecule has 1 heterocycles. The number of aryl methyl sites for hydroxylation is 1. The van der Waals surface area contributed by atoms with E-state index in [1.165, 1.54) is 11.3 Å². The number of carbonyl (C=O) groups is 2. The molecule has 7 nitrogen and oxygen atoms in total. The Morgan fingerprint density at radius 3 is 1.97 bits per heavy atom. The Labute approximate surface area is 188 Å². The highest BCUT2D eigenvalue weighted by molar-refractivity contribution is 6.00. The molecule has 7 heteroatoms. The number of nitrogens with one attached hydrogen (secondary N) is 3. The fourth-order valence-electron chi connectivity index (χ4n) is 3.62. The predicted molar refractivity (Wildman–Crippen MR) is 130 cm³/mol. The number of piperazine rings is 1. The number of hydrogen-bond acceptors (Lipinski definition) is 3. The minimum Gasteiger partial charge on any atom is -0.368 e. The van der Waals surface area contributed by atoms with Crippen molar-refractivity contribution >= 4 is 34.8 Å². The van der Waals surface area contributed by atoms with Crippen LogP contribution in [0, 0.1) is 6.92 Å². The molecular weight excluding hydrogens is 402 g/mol. The van der Waals surface area contributed by atoms with Crippen LogP contribution in [-0.2, 0) is 0 Å². The maximum absolute atomic E-state index is 12.7. The molecule has 3 N–H and O–H groups in total. The Morgan fingerprint density at radius 1 is 0.688 bits per heavy atom. The molecule has 0 atom stereocenters. The van der Waals surface area contributed by atoms with Gasteiger partial charge in [0.25, 0.3) is 0 Å². The lowest BCUT2D eigenvalue weighted by molar-refractivity contribution is 0.208. The lowest BCUT2D eigenvalue weighted by Gasteiger charge is -2.36. The van der Waals surface area contributed by atoms with Crippen LogP contribution in [0.25, 0.3) is 0 Å². The van der Waals surface area contributed by atoms with Crippen molar-refractivity contribution < 1.29 is 9.59 Å². The summed E-state index contributed by atoms with van der Waals surface area (Å²) in [6, 6.07) is 24.3. The van der Waals surface area contributed by atoms with Crippen LogP contribution in [-0.4, -0.2) is 43.1 Å². The summed E-state index contributed by atoms with van der Waals surface area (Å²) in [5, 5.41) is 8.50. The van der Waals surface area contributed by atoms with E-state index < -0.39 is 0 Å². The molecule has 3 aromatic rings. The summed E-state index contributed by atoms with van der Waals surface area (Å²) in [6.07, 6.45) is 0. The molecule has 4 amide bonds. The van der Waals surface area contributed by atoms with Gasteiger partial charge in [0.15, 0.2) is 0 Å². The second-order valence-corrected chi connectivity index (χ2v) is 7.77. The van der Waals surface area contributed by atoms with Crippen molar-refractivity contribution in [3.63, 3.8) is 0 Å². The van der Waals surface area contributed by atoms with Gasteiger partial charge in [0.05, 0.1) is 0 Å². The van der Waals surface area contributed by atoms with Crippen LogP contribution in [0.3, 0.4) is 0 Å². The van der Waals surface area contributed by atoms with E-state index in [0.29, 0.717) is 30.2 Å². The smallest absolute Gasteiger partial charge is 0.323 e. The molecule has 0 radical (unpaired) electrons. The number of anilines is 4. The van der Waals surface area contributed by atoms with E-state index in [0.717, 1.165) is 13.1 Å². The summed E-state index contributed by atoms with van der Waals surface area (Å²) in [4.78, 5) is 29.0. The van der Waals surface area contributed by atoms with Gasteiger partial charge in [0, 0.05) is 48.9 Å². The van der Waals surface area contributed by atoms with Crippen molar-refractivity contribution in [1.29, 1.82) is 0 Å². The van der Waals surface area contributed by atoms with E-state index in [9.17, 15) is 9.59 Å². The Balaban J connectivity index is 1.29. The van der Waals surface area contributed by atoms with Gasteiger partial charge in [0.1, 0.15) is 0 Å². The molecule has 0 unspecified atom stereocenters. The van der Waals surface area contributed by atoms with Gasteiger partial charge in [-0.2, -0.15) is 0 Å². The standard InChI is InChI=1S/C25H27N5O2/c1-19-10-12-23(13-11-19)29-14-16-30(17-15-29)25(32)28-22-9-5-8-21(18-22)27-24(31)26-20-6-3-2-4-7-20/h2-13,18H,14-17H2,1H3,(H,28,32)(H2,26,27,31). The van der Waals surface area contributed by atoms with Gasteiger partial charge < -0.3 is 25.8 Å². The van der Waals surface area contributed by atoms with E-state index in [1.807, 2.05) is 35.2 Å². The molecule has 1 saturated heterocycles. The molecule has 0 bridgehead atoms. The van der Waals surface area contributed by atoms with Crippen LogP contribution in [0.15, 0.2) is 78.9 Å². The second kappa shape index (κ2) is 9.87. The van der Waals surface area contributed by atoms with Gasteiger partial charge >= 0.3 is 12.1 Å². The number of carbonyl (C=O) groups excluding carboxylic acids is 2. The molecule has 1 aliphatic heterocycles. The molecule has 1 aliphatic rings. The van der Waals surface area contributed by atoms with Gasteiger partial charge in [-0.25, -0.2) is 9.59 Å². The average Bonchev–Trinajstić information content (AvgIpc) is 2.80. The monoisotopic (exact) mass is 429 g/mol. The van der Waals surface area contributed by atoms with E-state index in [-0.39, 0.29) is 12.1 Å². The summed E-state index contributed by atoms with van der Waals surface area (Å²) >= 11 is 0. The van der Waals surface area contributed by atoms with Crippen LogP contribution >= 0.6 is 0 Å². The van der Waals surface area contributed by atoms with Gasteiger partial charge in [-0.05, 0) is 49.4 Å². The molecule has 0 saturated carbocycles. The summed E-state index contributed by atoms with van der Waals surface area (Å²) in [6.45, 7) is 4.95. The van der Waals surface area contributed by atoms with Crippen molar-refractivity contribution in [3.05, 3.63) is 84.4 Å². The third-order valence-corrected chi connectivity index (χ3v) is 5.37. The molecule has 4 rings (SSSR count). The van der Waals surface area contributed by atoms with Crippen LogP contribution in [0.5, 0.6) is 0 Å². The first kappa shape index (κ1) is 21.2. The van der Waals surface area contributed by atoms with Crippen LogP contribution < -0.4 is 20.9 Å². The first-order valence-corrected chi connectivity index (χ1v) is 10.7. The van der Waals surface area contributed by atoms with Crippen molar-refractivity contribution in [3.8, 4) is 0 Å². The Bertz CT molecular complexity index is 1060. The van der Waals surface area contributed by atoms with E-state index >= 15 is 0 Å². The number of rotatable bonds is 4. The minimum atomic E-state index is -0.341. The molecule has 1 fully saturated rings. The number of benzene rings is 3. The molecule has 164 valence electrons. The lowest BCUT2D eigenvalue weighted by Crippen LogP contribution is -2.50. The van der Waals surface area contributed by atoms with Crippen molar-refractivity contribution in [2.24, 2.45) is 0 Å². The molecule has 0 aromatic heterocycles. The second-order valence-electron chi connectivity index (χ2n) is 7.77. The highest BCUT2D eigenvalue weighted by atomic mass is 16.2. The summed E-state index contributed by atoms with van der Waals surface area (Å²) in [7, 11) is 0. The van der Waals surface area contributed by atoms with Gasteiger partial charge in [-0.1, -0.05) is 42.0 Å². The topological polar surface area (TPSA) is 76.7 Å². The number of urea groups is 2. The van der Waals surface area contributed by atoms with E-state index in [2.05, 4.69) is 52.0 Å². The van der Waals surface area contributed by atoms with Crippen LogP contribution in [0.1, 0.15) is 5.56 Å². The Morgan fingerprint density at radius 2 is 1.28 bits per heavy atom. The zero-order valence-electron chi connectivity index (χ0n) is 18.0. The maximum Gasteiger partial charge on any atom is 0.323 e. The van der Waals surface area contributed by atoms with Crippen molar-refractivity contribution in [1.82, 2.24) is 4.90 Å². The van der Waals surface area contributed by atoms with Crippen molar-refractivity contribution in [2.45, 2.75) is 6.92 Å². The van der Waals surface area contributed by atoms with Crippen molar-refractivity contribution in [2.75, 3.05) is 47.0 Å². The molecule has 0 aliphatic carbocycles. The van der Waals surface area contributed by atoms with Crippen LogP contribution in [0.4, 0.5) is 32.3 Å². The highest BCUT2D eigenvalue weighted by Gasteiger charge is 2.21. The lowest BCUT2D eigenvalue weighted by atomic mass is 10.2. The maximum atomic E-state index is 12.7. The first-order chi connectivity index (χ1) is 15.6. The molecular formula is C25H27N5O2. The SMILES string of the molecule is Cc1ccc(N2CCN(C(=O)Nc3cccc(NC(=O)Nc4ccccc4)c3)CC2)cc1. The first-order valence-electron chi connectivity index (χ1n) is 10.7. The number of para-hydroxylation sites is 1.